The zero-order chi connectivity index (χ0) is 23.9. The third-order valence-corrected chi connectivity index (χ3v) is 5.49. The molecule has 0 aliphatic heterocycles. The number of rotatable bonds is 6. The molecule has 0 atom stereocenters. The molecule has 0 radical (unpaired) electrons. The number of aryl methyl sites for hydroxylation is 3. The second-order valence-electron chi connectivity index (χ2n) is 8.01. The van der Waals surface area contributed by atoms with Gasteiger partial charge in [0.05, 0.1) is 5.56 Å². The van der Waals surface area contributed by atoms with Gasteiger partial charge in [-0.15, -0.1) is 0 Å². The van der Waals surface area contributed by atoms with E-state index in [0.717, 1.165) is 41.9 Å². The summed E-state index contributed by atoms with van der Waals surface area (Å²) in [6.45, 7) is 2.00. The van der Waals surface area contributed by atoms with E-state index >= 15 is 0 Å². The molecule has 0 unspecified atom stereocenters. The van der Waals surface area contributed by atoms with Crippen molar-refractivity contribution in [1.29, 1.82) is 0 Å². The lowest BCUT2D eigenvalue weighted by molar-refractivity contribution is 0.511. The van der Waals surface area contributed by atoms with Crippen LogP contribution in [-0.2, 0) is 19.3 Å². The number of halogens is 3. The molecule has 0 aliphatic carbocycles. The van der Waals surface area contributed by atoms with Crippen molar-refractivity contribution in [2.24, 2.45) is 0 Å². The van der Waals surface area contributed by atoms with Gasteiger partial charge in [-0.2, -0.15) is 0 Å². The van der Waals surface area contributed by atoms with Crippen molar-refractivity contribution in [2.45, 2.75) is 32.6 Å². The molecule has 0 spiro atoms. The van der Waals surface area contributed by atoms with Gasteiger partial charge in [0.2, 0.25) is 0 Å². The number of hydrogen-bond acceptors (Lipinski definition) is 2. The fourth-order valence-electron chi connectivity index (χ4n) is 3.59. The monoisotopic (exact) mass is 456 g/mol. The van der Waals surface area contributed by atoms with Gasteiger partial charge in [-0.1, -0.05) is 36.1 Å². The Bertz CT molecular complexity index is 1400. The first-order valence-electron chi connectivity index (χ1n) is 11.1. The molecule has 4 rings (SSSR count). The van der Waals surface area contributed by atoms with Gasteiger partial charge in [-0.25, -0.2) is 23.1 Å². The van der Waals surface area contributed by atoms with E-state index in [4.69, 9.17) is 0 Å². The van der Waals surface area contributed by atoms with Crippen LogP contribution in [0.4, 0.5) is 13.2 Å². The van der Waals surface area contributed by atoms with E-state index in [1.165, 1.54) is 6.07 Å². The van der Waals surface area contributed by atoms with Gasteiger partial charge in [0.25, 0.3) is 0 Å². The summed E-state index contributed by atoms with van der Waals surface area (Å²) in [5.41, 5.74) is 2.80. The number of hydrogen-bond donors (Lipinski definition) is 0. The highest BCUT2D eigenvalue weighted by molar-refractivity contribution is 5.84. The van der Waals surface area contributed by atoms with Gasteiger partial charge in [0.15, 0.2) is 11.6 Å². The van der Waals surface area contributed by atoms with Crippen molar-refractivity contribution in [3.8, 4) is 11.8 Å². The molecule has 0 saturated heterocycles. The van der Waals surface area contributed by atoms with Crippen LogP contribution >= 0.6 is 0 Å². The van der Waals surface area contributed by atoms with Crippen molar-refractivity contribution < 1.29 is 13.2 Å². The van der Waals surface area contributed by atoms with Gasteiger partial charge in [0, 0.05) is 24.4 Å². The third-order valence-electron chi connectivity index (χ3n) is 5.49. The van der Waals surface area contributed by atoms with Crippen LogP contribution in [0.5, 0.6) is 0 Å². The van der Waals surface area contributed by atoms with Crippen molar-refractivity contribution in [3.63, 3.8) is 0 Å². The maximum Gasteiger partial charge on any atom is 0.159 e. The highest BCUT2D eigenvalue weighted by Gasteiger charge is 2.06. The van der Waals surface area contributed by atoms with Gasteiger partial charge in [0.1, 0.15) is 11.6 Å². The fourth-order valence-corrected chi connectivity index (χ4v) is 3.59. The number of aromatic nitrogens is 2. The summed E-state index contributed by atoms with van der Waals surface area (Å²) in [6.07, 6.45) is 11.0. The minimum Gasteiger partial charge on any atom is -0.241 e. The maximum atomic E-state index is 14.6. The zero-order valence-electron chi connectivity index (χ0n) is 18.8. The van der Waals surface area contributed by atoms with Crippen molar-refractivity contribution in [2.75, 3.05) is 0 Å². The van der Waals surface area contributed by atoms with E-state index in [9.17, 15) is 13.2 Å². The Morgan fingerprint density at radius 1 is 0.735 bits per heavy atom. The molecular weight excluding hydrogens is 433 g/mol. The van der Waals surface area contributed by atoms with Crippen LogP contribution in [0.2, 0.25) is 0 Å². The lowest BCUT2D eigenvalue weighted by Gasteiger charge is -2.04. The van der Waals surface area contributed by atoms with E-state index in [2.05, 4.69) is 27.9 Å². The normalized spacial score (nSPS) is 11.1. The van der Waals surface area contributed by atoms with Crippen LogP contribution in [0.25, 0.3) is 10.8 Å². The first kappa shape index (κ1) is 23.3. The molecular formula is C29H23F3N2. The average molecular weight is 457 g/mol. The number of allylic oxidation sites excluding steroid dienone is 2. The Morgan fingerprint density at radius 2 is 1.50 bits per heavy atom. The summed E-state index contributed by atoms with van der Waals surface area (Å²) in [5, 5.41) is 1.11. The van der Waals surface area contributed by atoms with Crippen molar-refractivity contribution in [1.82, 2.24) is 9.97 Å². The van der Waals surface area contributed by atoms with E-state index in [0.29, 0.717) is 29.2 Å². The molecule has 34 heavy (non-hydrogen) atoms. The Kier molecular flexibility index (Phi) is 7.39. The molecule has 0 saturated carbocycles. The molecule has 4 aromatic rings. The summed E-state index contributed by atoms with van der Waals surface area (Å²) in [4.78, 5) is 8.82. The summed E-state index contributed by atoms with van der Waals surface area (Å²) >= 11 is 0. The van der Waals surface area contributed by atoms with Crippen LogP contribution in [0.1, 0.15) is 41.4 Å². The number of benzene rings is 3. The first-order valence-corrected chi connectivity index (χ1v) is 11.1. The second kappa shape index (κ2) is 10.8. The Labute approximate surface area is 197 Å². The molecule has 5 heteroatoms. The van der Waals surface area contributed by atoms with Crippen LogP contribution in [0.15, 0.2) is 73.1 Å². The minimum absolute atomic E-state index is 0.274. The molecule has 0 N–H and O–H groups in total. The predicted octanol–water partition coefficient (Wildman–Crippen LogP) is 6.74. The van der Waals surface area contributed by atoms with Crippen LogP contribution in [0, 0.1) is 29.3 Å². The zero-order valence-corrected chi connectivity index (χ0v) is 18.8. The maximum absolute atomic E-state index is 14.6. The topological polar surface area (TPSA) is 25.8 Å². The van der Waals surface area contributed by atoms with Crippen molar-refractivity contribution in [3.05, 3.63) is 119 Å². The smallest absolute Gasteiger partial charge is 0.159 e. The molecule has 0 bridgehead atoms. The van der Waals surface area contributed by atoms with Gasteiger partial charge in [-0.3, -0.25) is 0 Å². The second-order valence-corrected chi connectivity index (χ2v) is 8.01. The highest BCUT2D eigenvalue weighted by Crippen LogP contribution is 2.20. The van der Waals surface area contributed by atoms with E-state index in [1.54, 1.807) is 24.3 Å². The summed E-state index contributed by atoms with van der Waals surface area (Å²) in [7, 11) is 0. The van der Waals surface area contributed by atoms with Gasteiger partial charge >= 0.3 is 0 Å². The molecule has 1 heterocycles. The number of nitrogens with zero attached hydrogens (tertiary/aromatic N) is 2. The van der Waals surface area contributed by atoms with E-state index in [-0.39, 0.29) is 5.56 Å². The lowest BCUT2D eigenvalue weighted by Crippen LogP contribution is -2.00. The predicted molar refractivity (Wildman–Crippen MR) is 129 cm³/mol. The molecule has 1 aromatic heterocycles. The molecule has 0 aliphatic rings. The first-order chi connectivity index (χ1) is 16.5. The Hall–Kier alpha value is -3.91. The van der Waals surface area contributed by atoms with Gasteiger partial charge in [-0.05, 0) is 84.5 Å². The Morgan fingerprint density at radius 3 is 2.24 bits per heavy atom. The van der Waals surface area contributed by atoms with E-state index < -0.39 is 17.5 Å². The van der Waals surface area contributed by atoms with Crippen LogP contribution in [-0.4, -0.2) is 9.97 Å². The molecule has 2 nitrogen and oxygen atoms in total. The Balaban J connectivity index is 1.40. The summed E-state index contributed by atoms with van der Waals surface area (Å²) in [5.74, 6) is 4.25. The molecule has 170 valence electrons. The molecule has 0 fully saturated rings. The average Bonchev–Trinajstić information content (AvgIpc) is 2.84. The molecule has 3 aromatic carbocycles. The minimum atomic E-state index is -0.912. The molecule has 0 amide bonds. The van der Waals surface area contributed by atoms with Crippen molar-refractivity contribution >= 4 is 10.8 Å². The van der Waals surface area contributed by atoms with Gasteiger partial charge < -0.3 is 0 Å². The number of fused-ring (bicyclic) bond motifs is 1. The highest BCUT2D eigenvalue weighted by atomic mass is 19.2. The largest absolute Gasteiger partial charge is 0.241 e. The van der Waals surface area contributed by atoms with Crippen LogP contribution < -0.4 is 0 Å². The fraction of sp³-hybridized carbons (Fsp3) is 0.172. The SMILES string of the molecule is C/C=C/CCc1cnc(CCc2ccc(C#Cc3ccc4cc(F)c(F)cc4c3)c(F)c2)nc1. The standard InChI is InChI=1S/C29H23F3N2/c1-2-3-4-5-22-18-33-29(34-19-22)13-9-21-7-11-23(26(30)15-21)10-6-20-8-12-24-16-27(31)28(32)17-25(24)14-20/h2-3,7-8,11-12,14-19H,4-5,9,13H2,1H3/b3-2+. The van der Waals surface area contributed by atoms with Crippen LogP contribution in [0.3, 0.4) is 0 Å². The summed E-state index contributed by atoms with van der Waals surface area (Å²) in [6, 6.07) is 12.3. The van der Waals surface area contributed by atoms with E-state index in [1.807, 2.05) is 31.5 Å². The lowest BCUT2D eigenvalue weighted by atomic mass is 10.0. The summed E-state index contributed by atoms with van der Waals surface area (Å²) < 4.78 is 41.5. The quantitative estimate of drug-likeness (QED) is 0.237. The third kappa shape index (κ3) is 5.90.